The molecule has 1 aliphatic rings. The van der Waals surface area contributed by atoms with Gasteiger partial charge in [-0.25, -0.2) is 9.78 Å². The quantitative estimate of drug-likeness (QED) is 0.209. The smallest absolute Gasteiger partial charge is 0.397 e. The van der Waals surface area contributed by atoms with Crippen molar-refractivity contribution in [2.24, 2.45) is 5.73 Å². The number of carbonyl (C=O) groups is 2. The summed E-state index contributed by atoms with van der Waals surface area (Å²) in [4.78, 5) is 30.1. The number of aromatic nitrogens is 1. The summed E-state index contributed by atoms with van der Waals surface area (Å²) in [6.45, 7) is 2.88. The standard InChI is InChI=1S/C30H31N5O3S/c1-19-7-10-23(27(36)33-24-13-14-24)17-25(19)34-29-35-26(22-11-8-20(9-12-22)15-16-31)28(39-29)38-30(37)32-18-21-5-3-2-4-6-21/h2-12,17,24H,13-16,18,31H2,1H3,(H,32,37)(H,33,36)(H,34,35). The van der Waals surface area contributed by atoms with Gasteiger partial charge in [0.25, 0.3) is 5.91 Å². The first-order chi connectivity index (χ1) is 19.0. The first-order valence-corrected chi connectivity index (χ1v) is 13.8. The lowest BCUT2D eigenvalue weighted by Crippen LogP contribution is -2.26. The van der Waals surface area contributed by atoms with E-state index in [1.165, 1.54) is 11.3 Å². The molecule has 0 spiro atoms. The first kappa shape index (κ1) is 26.4. The molecule has 0 unspecified atom stereocenters. The molecule has 1 heterocycles. The Labute approximate surface area is 231 Å². The minimum absolute atomic E-state index is 0.0861. The fourth-order valence-electron chi connectivity index (χ4n) is 4.01. The number of thiazole rings is 1. The van der Waals surface area contributed by atoms with E-state index in [2.05, 4.69) is 16.0 Å². The molecule has 1 fully saturated rings. The molecule has 1 aliphatic carbocycles. The largest absolute Gasteiger partial charge is 0.413 e. The Bertz CT molecular complexity index is 1450. The lowest BCUT2D eigenvalue weighted by atomic mass is 10.1. The summed E-state index contributed by atoms with van der Waals surface area (Å²) in [6.07, 6.45) is 2.27. The Morgan fingerprint density at radius 1 is 1.03 bits per heavy atom. The lowest BCUT2D eigenvalue weighted by molar-refractivity contribution is 0.0951. The average molecular weight is 542 g/mol. The predicted octanol–water partition coefficient (Wildman–Crippen LogP) is 5.54. The maximum absolute atomic E-state index is 12.7. The number of hydrogen-bond acceptors (Lipinski definition) is 7. The van der Waals surface area contributed by atoms with Crippen LogP contribution in [0.1, 0.15) is 39.9 Å². The molecule has 5 rings (SSSR count). The number of hydrogen-bond donors (Lipinski definition) is 4. The highest BCUT2D eigenvalue weighted by atomic mass is 32.1. The number of amides is 2. The lowest BCUT2D eigenvalue weighted by Gasteiger charge is -2.10. The van der Waals surface area contributed by atoms with E-state index in [1.807, 2.05) is 79.7 Å². The van der Waals surface area contributed by atoms with E-state index < -0.39 is 6.09 Å². The Morgan fingerprint density at radius 2 is 1.79 bits per heavy atom. The van der Waals surface area contributed by atoms with Gasteiger partial charge in [0.15, 0.2) is 5.13 Å². The van der Waals surface area contributed by atoms with Crippen molar-refractivity contribution in [3.05, 3.63) is 95.1 Å². The van der Waals surface area contributed by atoms with Crippen LogP contribution >= 0.6 is 11.3 Å². The molecule has 3 aromatic carbocycles. The van der Waals surface area contributed by atoms with Crippen LogP contribution in [0.5, 0.6) is 5.06 Å². The van der Waals surface area contributed by atoms with Crippen molar-refractivity contribution in [3.63, 3.8) is 0 Å². The number of rotatable bonds is 10. The van der Waals surface area contributed by atoms with Gasteiger partial charge in [-0.1, -0.05) is 72.0 Å². The molecule has 1 aromatic heterocycles. The van der Waals surface area contributed by atoms with Crippen LogP contribution in [0, 0.1) is 6.92 Å². The van der Waals surface area contributed by atoms with E-state index in [9.17, 15) is 9.59 Å². The van der Waals surface area contributed by atoms with Crippen molar-refractivity contribution >= 4 is 34.2 Å². The van der Waals surface area contributed by atoms with E-state index in [0.717, 1.165) is 47.2 Å². The number of nitrogens with zero attached hydrogens (tertiary/aromatic N) is 1. The molecule has 200 valence electrons. The highest BCUT2D eigenvalue weighted by molar-refractivity contribution is 7.18. The van der Waals surface area contributed by atoms with Gasteiger partial charge in [-0.15, -0.1) is 0 Å². The van der Waals surface area contributed by atoms with Crippen LogP contribution < -0.4 is 26.4 Å². The fourth-order valence-corrected chi connectivity index (χ4v) is 4.86. The molecule has 0 saturated heterocycles. The molecular weight excluding hydrogens is 510 g/mol. The number of benzene rings is 3. The molecule has 0 bridgehead atoms. The summed E-state index contributed by atoms with van der Waals surface area (Å²) >= 11 is 1.23. The topological polar surface area (TPSA) is 118 Å². The van der Waals surface area contributed by atoms with Gasteiger partial charge in [-0.2, -0.15) is 0 Å². The van der Waals surface area contributed by atoms with Gasteiger partial charge >= 0.3 is 6.09 Å². The second-order valence-electron chi connectivity index (χ2n) is 9.52. The van der Waals surface area contributed by atoms with Gasteiger partial charge in [0.05, 0.1) is 0 Å². The second-order valence-corrected chi connectivity index (χ2v) is 10.5. The van der Waals surface area contributed by atoms with Gasteiger partial charge < -0.3 is 26.4 Å². The zero-order valence-electron chi connectivity index (χ0n) is 21.7. The highest BCUT2D eigenvalue weighted by Gasteiger charge is 2.24. The predicted molar refractivity (Wildman–Crippen MR) is 155 cm³/mol. The van der Waals surface area contributed by atoms with Crippen LogP contribution in [0.25, 0.3) is 11.3 Å². The molecule has 4 aromatic rings. The first-order valence-electron chi connectivity index (χ1n) is 13.0. The maximum Gasteiger partial charge on any atom is 0.413 e. The minimum atomic E-state index is -0.565. The molecule has 0 aliphatic heterocycles. The summed E-state index contributed by atoms with van der Waals surface area (Å²) in [5.74, 6) is -0.0861. The normalized spacial score (nSPS) is 12.6. The van der Waals surface area contributed by atoms with Gasteiger partial charge in [-0.3, -0.25) is 4.79 Å². The SMILES string of the molecule is Cc1ccc(C(=O)NC2CC2)cc1Nc1nc(-c2ccc(CCN)cc2)c(OC(=O)NCc2ccccc2)s1. The average Bonchev–Trinajstić information content (AvgIpc) is 3.68. The van der Waals surface area contributed by atoms with Crippen LogP contribution in [-0.4, -0.2) is 29.6 Å². The number of aryl methyl sites for hydroxylation is 1. The molecule has 5 N–H and O–H groups in total. The zero-order valence-corrected chi connectivity index (χ0v) is 22.5. The van der Waals surface area contributed by atoms with Gasteiger partial charge in [0, 0.05) is 29.4 Å². The second kappa shape index (κ2) is 12.1. The molecule has 1 saturated carbocycles. The number of nitrogens with two attached hydrogens (primary N) is 1. The van der Waals surface area contributed by atoms with E-state index in [-0.39, 0.29) is 11.9 Å². The third-order valence-corrected chi connectivity index (χ3v) is 7.22. The summed E-state index contributed by atoms with van der Waals surface area (Å²) in [7, 11) is 0. The zero-order chi connectivity index (χ0) is 27.2. The van der Waals surface area contributed by atoms with Crippen LogP contribution in [0.3, 0.4) is 0 Å². The van der Waals surface area contributed by atoms with Gasteiger partial charge in [-0.05, 0) is 61.6 Å². The Kier molecular flexibility index (Phi) is 8.19. The molecule has 0 atom stereocenters. The summed E-state index contributed by atoms with van der Waals surface area (Å²) in [5.41, 5.74) is 11.5. The van der Waals surface area contributed by atoms with Gasteiger partial charge in [0.1, 0.15) is 5.69 Å². The van der Waals surface area contributed by atoms with E-state index in [1.54, 1.807) is 0 Å². The number of ether oxygens (including phenoxy) is 1. The summed E-state index contributed by atoms with van der Waals surface area (Å²) in [6, 6.07) is 23.4. The van der Waals surface area contributed by atoms with Crippen LogP contribution in [0.4, 0.5) is 15.6 Å². The molecule has 8 nitrogen and oxygen atoms in total. The van der Waals surface area contributed by atoms with Crippen molar-refractivity contribution in [1.29, 1.82) is 0 Å². The molecular formula is C30H31N5O3S. The number of nitrogens with one attached hydrogen (secondary N) is 3. The van der Waals surface area contributed by atoms with E-state index >= 15 is 0 Å². The molecule has 2 amide bonds. The monoisotopic (exact) mass is 541 g/mol. The van der Waals surface area contributed by atoms with Crippen molar-refractivity contribution in [3.8, 4) is 16.3 Å². The number of carbonyl (C=O) groups excluding carboxylic acids is 2. The summed E-state index contributed by atoms with van der Waals surface area (Å²) in [5, 5.41) is 10.1. The Hall–Kier alpha value is -4.21. The molecule has 39 heavy (non-hydrogen) atoms. The third-order valence-electron chi connectivity index (χ3n) is 6.38. The minimum Gasteiger partial charge on any atom is -0.397 e. The summed E-state index contributed by atoms with van der Waals surface area (Å²) < 4.78 is 5.74. The van der Waals surface area contributed by atoms with Crippen LogP contribution in [0.2, 0.25) is 0 Å². The fraction of sp³-hybridized carbons (Fsp3) is 0.233. The van der Waals surface area contributed by atoms with Crippen molar-refractivity contribution in [2.75, 3.05) is 11.9 Å². The van der Waals surface area contributed by atoms with Crippen molar-refractivity contribution in [2.45, 2.75) is 38.8 Å². The molecule has 0 radical (unpaired) electrons. The molecule has 9 heteroatoms. The van der Waals surface area contributed by atoms with Crippen molar-refractivity contribution in [1.82, 2.24) is 15.6 Å². The van der Waals surface area contributed by atoms with Crippen LogP contribution in [0.15, 0.2) is 72.8 Å². The highest BCUT2D eigenvalue weighted by Crippen LogP contribution is 2.39. The van der Waals surface area contributed by atoms with E-state index in [4.69, 9.17) is 15.5 Å². The van der Waals surface area contributed by atoms with Gasteiger partial charge in [0.2, 0.25) is 5.06 Å². The Morgan fingerprint density at radius 3 is 2.51 bits per heavy atom. The van der Waals surface area contributed by atoms with Crippen molar-refractivity contribution < 1.29 is 14.3 Å². The number of anilines is 2. The third kappa shape index (κ3) is 7.01. The Balaban J connectivity index is 1.38. The van der Waals surface area contributed by atoms with Crippen LogP contribution in [-0.2, 0) is 13.0 Å². The maximum atomic E-state index is 12.7. The van der Waals surface area contributed by atoms with E-state index in [0.29, 0.717) is 34.5 Å².